The quantitative estimate of drug-likeness (QED) is 0.558. The second-order valence-electron chi connectivity index (χ2n) is 2.84. The van der Waals surface area contributed by atoms with E-state index in [9.17, 15) is 4.79 Å². The largest absolute Gasteiger partial charge is 0.447 e. The number of hydrogen-bond donors (Lipinski definition) is 1. The van der Waals surface area contributed by atoms with Crippen LogP contribution in [0.3, 0.4) is 0 Å². The fraction of sp³-hybridized carbons (Fsp3) is 0.300. The molecule has 0 aromatic heterocycles. The fourth-order valence-corrected chi connectivity index (χ4v) is 1.10. The summed E-state index contributed by atoms with van der Waals surface area (Å²) < 4.78 is 4.79. The third kappa shape index (κ3) is 3.71. The number of hydrogen-bond acceptors (Lipinski definition) is 3. The summed E-state index contributed by atoms with van der Waals surface area (Å²) in [6.45, 7) is 1.35. The Labute approximate surface area is 77.5 Å². The number of ether oxygens (including phenoxy) is 1. The molecule has 2 N–H and O–H groups in total. The van der Waals surface area contributed by atoms with Gasteiger partial charge in [-0.1, -0.05) is 30.3 Å². The van der Waals surface area contributed by atoms with Crippen LogP contribution in [0.25, 0.3) is 0 Å². The molecule has 0 saturated heterocycles. The molecule has 0 saturated carbocycles. The van der Waals surface area contributed by atoms with Gasteiger partial charge in [0.05, 0.1) is 0 Å². The molecule has 70 valence electrons. The van der Waals surface area contributed by atoms with Gasteiger partial charge in [0, 0.05) is 13.3 Å². The van der Waals surface area contributed by atoms with Gasteiger partial charge < -0.3 is 4.74 Å². The van der Waals surface area contributed by atoms with Crippen molar-refractivity contribution in [3.8, 4) is 0 Å². The minimum atomic E-state index is -0.542. The summed E-state index contributed by atoms with van der Waals surface area (Å²) in [5.41, 5.74) is 6.63. The number of carbonyl (C=O) groups is 1. The molecule has 3 nitrogen and oxygen atoms in total. The zero-order valence-electron chi connectivity index (χ0n) is 7.57. The molecule has 0 bridgehead atoms. The first-order chi connectivity index (χ1) is 6.18. The van der Waals surface area contributed by atoms with Crippen LogP contribution in [0.1, 0.15) is 12.5 Å². The van der Waals surface area contributed by atoms with E-state index in [1.165, 1.54) is 6.92 Å². The van der Waals surface area contributed by atoms with Crippen LogP contribution in [-0.2, 0) is 16.0 Å². The molecular formula is C10H13NO2. The molecule has 1 aromatic carbocycles. The van der Waals surface area contributed by atoms with Gasteiger partial charge >= 0.3 is 5.97 Å². The van der Waals surface area contributed by atoms with Gasteiger partial charge in [0.25, 0.3) is 0 Å². The zero-order valence-corrected chi connectivity index (χ0v) is 7.57. The van der Waals surface area contributed by atoms with Crippen LogP contribution in [0.15, 0.2) is 30.3 Å². The zero-order chi connectivity index (χ0) is 9.68. The Morgan fingerprint density at radius 1 is 1.46 bits per heavy atom. The van der Waals surface area contributed by atoms with Crippen molar-refractivity contribution in [1.29, 1.82) is 0 Å². The van der Waals surface area contributed by atoms with E-state index in [0.717, 1.165) is 5.56 Å². The number of esters is 1. The predicted molar refractivity (Wildman–Crippen MR) is 49.9 cm³/mol. The van der Waals surface area contributed by atoms with E-state index in [2.05, 4.69) is 0 Å². The highest BCUT2D eigenvalue weighted by Gasteiger charge is 2.05. The van der Waals surface area contributed by atoms with E-state index in [1.54, 1.807) is 0 Å². The molecule has 13 heavy (non-hydrogen) atoms. The summed E-state index contributed by atoms with van der Waals surface area (Å²) in [6.07, 6.45) is 0.0142. The predicted octanol–water partition coefficient (Wildman–Crippen LogP) is 1.08. The first-order valence-electron chi connectivity index (χ1n) is 4.15. The lowest BCUT2D eigenvalue weighted by molar-refractivity contribution is -0.145. The molecule has 0 amide bonds. The molecular weight excluding hydrogens is 166 g/mol. The maximum absolute atomic E-state index is 10.5. The smallest absolute Gasteiger partial charge is 0.304 e. The molecule has 0 fully saturated rings. The van der Waals surface area contributed by atoms with Gasteiger partial charge in [-0.25, -0.2) is 0 Å². The van der Waals surface area contributed by atoms with Crippen LogP contribution in [-0.4, -0.2) is 12.2 Å². The average molecular weight is 179 g/mol. The van der Waals surface area contributed by atoms with E-state index in [0.29, 0.717) is 6.42 Å². The van der Waals surface area contributed by atoms with Gasteiger partial charge in [0.2, 0.25) is 0 Å². The van der Waals surface area contributed by atoms with Gasteiger partial charge in [0.15, 0.2) is 6.23 Å². The Bertz CT molecular complexity index is 272. The Kier molecular flexibility index (Phi) is 3.46. The molecule has 0 aliphatic carbocycles. The number of nitrogens with two attached hydrogens (primary N) is 1. The Morgan fingerprint density at radius 3 is 2.62 bits per heavy atom. The standard InChI is InChI=1S/C10H13NO2/c1-8(12)13-10(11)7-9-5-3-2-4-6-9/h2-6,10H,7,11H2,1H3. The minimum absolute atomic E-state index is 0.344. The van der Waals surface area contributed by atoms with Crippen molar-refractivity contribution in [2.75, 3.05) is 0 Å². The van der Waals surface area contributed by atoms with Gasteiger partial charge in [-0.15, -0.1) is 0 Å². The summed E-state index contributed by atoms with van der Waals surface area (Å²) in [5, 5.41) is 0. The normalized spacial score (nSPS) is 12.2. The van der Waals surface area contributed by atoms with Crippen molar-refractivity contribution in [1.82, 2.24) is 0 Å². The summed E-state index contributed by atoms with van der Waals surface area (Å²) >= 11 is 0. The van der Waals surface area contributed by atoms with Gasteiger partial charge in [-0.05, 0) is 5.56 Å². The number of carbonyl (C=O) groups excluding carboxylic acids is 1. The molecule has 3 heteroatoms. The molecule has 1 unspecified atom stereocenters. The molecule has 1 aromatic rings. The number of benzene rings is 1. The molecule has 1 rings (SSSR count). The van der Waals surface area contributed by atoms with E-state index in [1.807, 2.05) is 30.3 Å². The summed E-state index contributed by atoms with van der Waals surface area (Å²) in [5.74, 6) is -0.344. The molecule has 0 aliphatic rings. The third-order valence-corrected chi connectivity index (χ3v) is 1.60. The minimum Gasteiger partial charge on any atom is -0.447 e. The Hall–Kier alpha value is -1.35. The maximum atomic E-state index is 10.5. The van der Waals surface area contributed by atoms with E-state index in [-0.39, 0.29) is 5.97 Å². The first-order valence-corrected chi connectivity index (χ1v) is 4.15. The highest BCUT2D eigenvalue weighted by molar-refractivity contribution is 5.66. The lowest BCUT2D eigenvalue weighted by atomic mass is 10.1. The Balaban J connectivity index is 2.45. The van der Waals surface area contributed by atoms with E-state index >= 15 is 0 Å². The molecule has 0 radical (unpaired) electrons. The van der Waals surface area contributed by atoms with Crippen LogP contribution >= 0.6 is 0 Å². The lowest BCUT2D eigenvalue weighted by Crippen LogP contribution is -2.28. The Morgan fingerprint density at radius 2 is 2.08 bits per heavy atom. The lowest BCUT2D eigenvalue weighted by Gasteiger charge is -2.10. The van der Waals surface area contributed by atoms with Crippen molar-refractivity contribution in [3.05, 3.63) is 35.9 Å². The topological polar surface area (TPSA) is 52.3 Å². The highest BCUT2D eigenvalue weighted by atomic mass is 16.5. The molecule has 0 spiro atoms. The van der Waals surface area contributed by atoms with E-state index in [4.69, 9.17) is 10.5 Å². The highest BCUT2D eigenvalue weighted by Crippen LogP contribution is 2.02. The molecule has 1 atom stereocenters. The summed E-state index contributed by atoms with van der Waals surface area (Å²) in [4.78, 5) is 10.5. The number of rotatable bonds is 3. The van der Waals surface area contributed by atoms with Crippen LogP contribution < -0.4 is 5.73 Å². The average Bonchev–Trinajstić information content (AvgIpc) is 2.04. The van der Waals surface area contributed by atoms with Crippen molar-refractivity contribution >= 4 is 5.97 Å². The first kappa shape index (κ1) is 9.74. The maximum Gasteiger partial charge on any atom is 0.304 e. The van der Waals surface area contributed by atoms with Gasteiger partial charge in [0.1, 0.15) is 0 Å². The third-order valence-electron chi connectivity index (χ3n) is 1.60. The second-order valence-corrected chi connectivity index (χ2v) is 2.84. The SMILES string of the molecule is CC(=O)OC(N)Cc1ccccc1. The second kappa shape index (κ2) is 4.62. The van der Waals surface area contributed by atoms with Crippen molar-refractivity contribution in [2.24, 2.45) is 5.73 Å². The van der Waals surface area contributed by atoms with Crippen LogP contribution in [0.5, 0.6) is 0 Å². The molecule has 0 heterocycles. The monoisotopic (exact) mass is 179 g/mol. The van der Waals surface area contributed by atoms with Crippen LogP contribution in [0, 0.1) is 0 Å². The van der Waals surface area contributed by atoms with Crippen molar-refractivity contribution < 1.29 is 9.53 Å². The van der Waals surface area contributed by atoms with Crippen LogP contribution in [0.2, 0.25) is 0 Å². The fourth-order valence-electron chi connectivity index (χ4n) is 1.10. The van der Waals surface area contributed by atoms with Gasteiger partial charge in [-0.3, -0.25) is 10.5 Å². The van der Waals surface area contributed by atoms with Crippen molar-refractivity contribution in [3.63, 3.8) is 0 Å². The summed E-state index contributed by atoms with van der Waals surface area (Å²) in [7, 11) is 0. The van der Waals surface area contributed by atoms with Gasteiger partial charge in [-0.2, -0.15) is 0 Å². The van der Waals surface area contributed by atoms with Crippen LogP contribution in [0.4, 0.5) is 0 Å². The summed E-state index contributed by atoms with van der Waals surface area (Å²) in [6, 6.07) is 9.68. The molecule has 0 aliphatic heterocycles. The van der Waals surface area contributed by atoms with E-state index < -0.39 is 6.23 Å². The van der Waals surface area contributed by atoms with Crippen molar-refractivity contribution in [2.45, 2.75) is 19.6 Å².